The van der Waals surface area contributed by atoms with Crippen molar-refractivity contribution in [2.75, 3.05) is 13.2 Å². The highest BCUT2D eigenvalue weighted by atomic mass is 19.1. The number of hydrogen-bond donors (Lipinski definition) is 1. The van der Waals surface area contributed by atoms with Gasteiger partial charge in [-0.05, 0) is 32.4 Å². The lowest BCUT2D eigenvalue weighted by molar-refractivity contribution is -0.151. The Morgan fingerprint density at radius 2 is 2.10 bits per heavy atom. The van der Waals surface area contributed by atoms with Gasteiger partial charge in [0.2, 0.25) is 0 Å². The summed E-state index contributed by atoms with van der Waals surface area (Å²) in [4.78, 5) is 11.8. The normalized spacial score (nSPS) is 12.0. The third kappa shape index (κ3) is 5.34. The largest absolute Gasteiger partial charge is 0.475 e. The molecule has 0 spiro atoms. The maximum absolute atomic E-state index is 14.0. The Morgan fingerprint density at radius 3 is 2.71 bits per heavy atom. The smallest absolute Gasteiger partial charge is 0.347 e. The average molecular weight is 297 g/mol. The first kappa shape index (κ1) is 17.4. The predicted octanol–water partition coefficient (Wildman–Crippen LogP) is 3.05. The van der Waals surface area contributed by atoms with Crippen LogP contribution >= 0.6 is 0 Å². The number of hydrogen-bond acceptors (Lipinski definition) is 4. The quantitative estimate of drug-likeness (QED) is 0.562. The second-order valence-electron chi connectivity index (χ2n) is 4.67. The van der Waals surface area contributed by atoms with E-state index < -0.39 is 17.9 Å². The van der Waals surface area contributed by atoms with Crippen LogP contribution in [0, 0.1) is 5.82 Å². The van der Waals surface area contributed by atoms with E-state index in [1.165, 1.54) is 6.07 Å². The molecule has 1 unspecified atom stereocenters. The van der Waals surface area contributed by atoms with Crippen LogP contribution < -0.4 is 10.1 Å². The van der Waals surface area contributed by atoms with Crippen molar-refractivity contribution in [3.05, 3.63) is 29.6 Å². The molecule has 0 amide bonds. The highest BCUT2D eigenvalue weighted by molar-refractivity contribution is 5.75. The van der Waals surface area contributed by atoms with Gasteiger partial charge in [-0.15, -0.1) is 0 Å². The molecular formula is C16H24FNO3. The topological polar surface area (TPSA) is 47.6 Å². The van der Waals surface area contributed by atoms with E-state index in [0.29, 0.717) is 18.5 Å². The second-order valence-corrected chi connectivity index (χ2v) is 4.67. The van der Waals surface area contributed by atoms with Crippen molar-refractivity contribution < 1.29 is 18.7 Å². The highest BCUT2D eigenvalue weighted by Gasteiger charge is 2.22. The van der Waals surface area contributed by atoms with Crippen LogP contribution in [0.15, 0.2) is 18.2 Å². The van der Waals surface area contributed by atoms with E-state index in [2.05, 4.69) is 12.2 Å². The Bertz CT molecular complexity index is 451. The van der Waals surface area contributed by atoms with E-state index in [1.807, 2.05) is 0 Å². The van der Waals surface area contributed by atoms with Crippen molar-refractivity contribution >= 4 is 5.97 Å². The summed E-state index contributed by atoms with van der Waals surface area (Å²) in [6.45, 7) is 7.21. The SMILES string of the molecule is CCCNCc1cccc(F)c1OC(CC)C(=O)OCC. The molecular weight excluding hydrogens is 273 g/mol. The molecule has 21 heavy (non-hydrogen) atoms. The minimum absolute atomic E-state index is 0.126. The van der Waals surface area contributed by atoms with E-state index in [1.54, 1.807) is 26.0 Å². The van der Waals surface area contributed by atoms with Crippen LogP contribution in [-0.4, -0.2) is 25.2 Å². The maximum atomic E-state index is 14.0. The van der Waals surface area contributed by atoms with Crippen LogP contribution in [0.3, 0.4) is 0 Å². The fourth-order valence-corrected chi connectivity index (χ4v) is 1.90. The number of carbonyl (C=O) groups is 1. The number of halogens is 1. The zero-order chi connectivity index (χ0) is 15.7. The van der Waals surface area contributed by atoms with E-state index >= 15 is 0 Å². The molecule has 1 N–H and O–H groups in total. The molecule has 1 rings (SSSR count). The van der Waals surface area contributed by atoms with Crippen molar-refractivity contribution in [1.29, 1.82) is 0 Å². The summed E-state index contributed by atoms with van der Waals surface area (Å²) in [6.07, 6.45) is 0.632. The first-order valence-electron chi connectivity index (χ1n) is 7.45. The van der Waals surface area contributed by atoms with Crippen LogP contribution in [0.2, 0.25) is 0 Å². The molecule has 0 aliphatic heterocycles. The Kier molecular flexibility index (Phi) is 7.75. The van der Waals surface area contributed by atoms with E-state index in [0.717, 1.165) is 13.0 Å². The van der Waals surface area contributed by atoms with Crippen molar-refractivity contribution in [1.82, 2.24) is 5.32 Å². The summed E-state index contributed by atoms with van der Waals surface area (Å²) in [5, 5.41) is 3.20. The number of ether oxygens (including phenoxy) is 2. The molecule has 1 atom stereocenters. The Balaban J connectivity index is 2.86. The zero-order valence-corrected chi connectivity index (χ0v) is 12.9. The van der Waals surface area contributed by atoms with Crippen LogP contribution in [-0.2, 0) is 16.1 Å². The van der Waals surface area contributed by atoms with Gasteiger partial charge in [-0.2, -0.15) is 0 Å². The molecule has 1 aromatic rings. The molecule has 0 bridgehead atoms. The van der Waals surface area contributed by atoms with Gasteiger partial charge in [-0.25, -0.2) is 9.18 Å². The van der Waals surface area contributed by atoms with Crippen molar-refractivity contribution in [2.45, 2.75) is 46.3 Å². The molecule has 0 radical (unpaired) electrons. The molecule has 0 aliphatic rings. The molecule has 0 saturated carbocycles. The van der Waals surface area contributed by atoms with Crippen LogP contribution in [0.4, 0.5) is 4.39 Å². The lowest BCUT2D eigenvalue weighted by Crippen LogP contribution is -2.29. The third-order valence-corrected chi connectivity index (χ3v) is 2.97. The van der Waals surface area contributed by atoms with Gasteiger partial charge in [0.15, 0.2) is 17.7 Å². The Labute approximate surface area is 125 Å². The van der Waals surface area contributed by atoms with Crippen LogP contribution in [0.5, 0.6) is 5.75 Å². The number of esters is 1. The summed E-state index contributed by atoms with van der Waals surface area (Å²) >= 11 is 0. The number of rotatable bonds is 9. The van der Waals surface area contributed by atoms with Crippen LogP contribution in [0.25, 0.3) is 0 Å². The number of benzene rings is 1. The summed E-state index contributed by atoms with van der Waals surface area (Å²) in [5.41, 5.74) is 0.700. The first-order valence-corrected chi connectivity index (χ1v) is 7.45. The van der Waals surface area contributed by atoms with Crippen molar-refractivity contribution in [2.24, 2.45) is 0 Å². The maximum Gasteiger partial charge on any atom is 0.347 e. The average Bonchev–Trinajstić information content (AvgIpc) is 2.47. The molecule has 0 saturated heterocycles. The van der Waals surface area contributed by atoms with Crippen molar-refractivity contribution in [3.63, 3.8) is 0 Å². The fourth-order valence-electron chi connectivity index (χ4n) is 1.90. The van der Waals surface area contributed by atoms with Gasteiger partial charge in [0.25, 0.3) is 0 Å². The molecule has 0 aromatic heterocycles. The highest BCUT2D eigenvalue weighted by Crippen LogP contribution is 2.24. The third-order valence-electron chi connectivity index (χ3n) is 2.97. The monoisotopic (exact) mass is 297 g/mol. The zero-order valence-electron chi connectivity index (χ0n) is 12.9. The first-order chi connectivity index (χ1) is 10.1. The fraction of sp³-hybridized carbons (Fsp3) is 0.562. The minimum atomic E-state index is -0.785. The molecule has 0 heterocycles. The summed E-state index contributed by atoms with van der Waals surface area (Å²) in [7, 11) is 0. The number of carbonyl (C=O) groups excluding carboxylic acids is 1. The van der Waals surface area contributed by atoms with Gasteiger partial charge >= 0.3 is 5.97 Å². The van der Waals surface area contributed by atoms with Crippen LogP contribution in [0.1, 0.15) is 39.2 Å². The second kappa shape index (κ2) is 9.34. The van der Waals surface area contributed by atoms with Gasteiger partial charge < -0.3 is 14.8 Å². The van der Waals surface area contributed by atoms with Crippen molar-refractivity contribution in [3.8, 4) is 5.75 Å². The van der Waals surface area contributed by atoms with Gasteiger partial charge in [0.05, 0.1) is 6.61 Å². The van der Waals surface area contributed by atoms with E-state index in [9.17, 15) is 9.18 Å². The lowest BCUT2D eigenvalue weighted by atomic mass is 10.1. The molecule has 4 nitrogen and oxygen atoms in total. The summed E-state index contributed by atoms with van der Waals surface area (Å²) < 4.78 is 24.5. The number of para-hydroxylation sites is 1. The molecule has 118 valence electrons. The molecule has 5 heteroatoms. The predicted molar refractivity (Wildman–Crippen MR) is 79.7 cm³/mol. The van der Waals surface area contributed by atoms with Gasteiger partial charge in [0, 0.05) is 12.1 Å². The molecule has 1 aromatic carbocycles. The summed E-state index contributed by atoms with van der Waals surface area (Å²) in [5.74, 6) is -0.801. The molecule has 0 aliphatic carbocycles. The van der Waals surface area contributed by atoms with E-state index in [4.69, 9.17) is 9.47 Å². The van der Waals surface area contributed by atoms with Gasteiger partial charge in [-0.1, -0.05) is 26.0 Å². The minimum Gasteiger partial charge on any atom is -0.475 e. The Morgan fingerprint density at radius 1 is 1.33 bits per heavy atom. The number of nitrogens with one attached hydrogen (secondary N) is 1. The van der Waals surface area contributed by atoms with Gasteiger partial charge in [-0.3, -0.25) is 0 Å². The standard InChI is InChI=1S/C16H24FNO3/c1-4-10-18-11-12-8-7-9-13(17)15(12)21-14(5-2)16(19)20-6-3/h7-9,14,18H,4-6,10-11H2,1-3H3. The molecule has 0 fully saturated rings. The summed E-state index contributed by atoms with van der Waals surface area (Å²) in [6, 6.07) is 4.76. The van der Waals surface area contributed by atoms with Gasteiger partial charge in [0.1, 0.15) is 0 Å². The lowest BCUT2D eigenvalue weighted by Gasteiger charge is -2.19. The Hall–Kier alpha value is -1.62. The van der Waals surface area contributed by atoms with E-state index in [-0.39, 0.29) is 12.4 Å².